The zero-order valence-electron chi connectivity index (χ0n) is 14.7. The Bertz CT molecular complexity index is 1050. The summed E-state index contributed by atoms with van der Waals surface area (Å²) in [6, 6.07) is 6.02. The summed E-state index contributed by atoms with van der Waals surface area (Å²) in [5.74, 6) is -0.217. The van der Waals surface area contributed by atoms with Gasteiger partial charge >= 0.3 is 6.01 Å². The number of H-pyrrole nitrogens is 1. The predicted molar refractivity (Wildman–Crippen MR) is 96.3 cm³/mol. The van der Waals surface area contributed by atoms with Crippen LogP contribution in [0.1, 0.15) is 23.2 Å². The van der Waals surface area contributed by atoms with Gasteiger partial charge in [0.15, 0.2) is 0 Å². The second-order valence-corrected chi connectivity index (χ2v) is 6.35. The van der Waals surface area contributed by atoms with Crippen molar-refractivity contribution in [3.63, 3.8) is 0 Å². The van der Waals surface area contributed by atoms with Gasteiger partial charge in [-0.25, -0.2) is 4.39 Å². The molecule has 2 aromatic heterocycles. The molecule has 8 nitrogen and oxygen atoms in total. The molecule has 0 spiro atoms. The first-order valence-electron chi connectivity index (χ1n) is 8.74. The Hall–Kier alpha value is -3.23. The lowest BCUT2D eigenvalue weighted by Gasteiger charge is -2.33. The van der Waals surface area contributed by atoms with Crippen LogP contribution in [-0.2, 0) is 6.42 Å². The summed E-state index contributed by atoms with van der Waals surface area (Å²) >= 11 is 0. The van der Waals surface area contributed by atoms with Gasteiger partial charge in [-0.1, -0.05) is 12.0 Å². The van der Waals surface area contributed by atoms with Gasteiger partial charge in [0, 0.05) is 32.6 Å². The van der Waals surface area contributed by atoms with Crippen LogP contribution in [-0.4, -0.2) is 52.2 Å². The van der Waals surface area contributed by atoms with Crippen molar-refractivity contribution in [1.82, 2.24) is 20.1 Å². The smallest absolute Gasteiger partial charge is 0.318 e. The van der Waals surface area contributed by atoms with E-state index in [-0.39, 0.29) is 11.5 Å². The van der Waals surface area contributed by atoms with Gasteiger partial charge in [-0.15, -0.1) is 5.10 Å². The lowest BCUT2D eigenvalue weighted by atomic mass is 10.1. The van der Waals surface area contributed by atoms with Crippen molar-refractivity contribution < 1.29 is 13.6 Å². The summed E-state index contributed by atoms with van der Waals surface area (Å²) in [5, 5.41) is 8.57. The summed E-state index contributed by atoms with van der Waals surface area (Å²) in [5.41, 5.74) is -0.108. The lowest BCUT2D eigenvalue weighted by Crippen LogP contribution is -2.49. The molecular formula is C18H18FN5O3. The third-order valence-corrected chi connectivity index (χ3v) is 4.63. The maximum absolute atomic E-state index is 13.3. The average molecular weight is 371 g/mol. The number of aromatic nitrogens is 3. The van der Waals surface area contributed by atoms with Gasteiger partial charge in [-0.3, -0.25) is 9.59 Å². The van der Waals surface area contributed by atoms with E-state index in [0.717, 1.165) is 0 Å². The Morgan fingerprint density at radius 2 is 2.00 bits per heavy atom. The molecule has 1 saturated heterocycles. The quantitative estimate of drug-likeness (QED) is 0.751. The molecule has 0 unspecified atom stereocenters. The summed E-state index contributed by atoms with van der Waals surface area (Å²) in [6.07, 6.45) is 0.667. The number of halogens is 1. The van der Waals surface area contributed by atoms with Gasteiger partial charge in [0.25, 0.3) is 11.5 Å². The fourth-order valence-electron chi connectivity index (χ4n) is 3.12. The molecule has 1 fully saturated rings. The first-order chi connectivity index (χ1) is 13.0. The van der Waals surface area contributed by atoms with Crippen LogP contribution in [0.25, 0.3) is 10.9 Å². The molecule has 140 valence electrons. The zero-order chi connectivity index (χ0) is 19.0. The van der Waals surface area contributed by atoms with Crippen molar-refractivity contribution in [2.75, 3.05) is 31.1 Å². The monoisotopic (exact) mass is 371 g/mol. The molecule has 1 aliphatic heterocycles. The number of piperazine rings is 1. The fraction of sp³-hybridized carbons (Fsp3) is 0.333. The molecular weight excluding hydrogens is 353 g/mol. The Morgan fingerprint density at radius 1 is 1.22 bits per heavy atom. The molecule has 1 aromatic carbocycles. The van der Waals surface area contributed by atoms with Crippen LogP contribution in [0.4, 0.5) is 10.4 Å². The number of carbonyl (C=O) groups excluding carboxylic acids is 1. The number of aromatic amines is 1. The molecule has 0 atom stereocenters. The normalized spacial score (nSPS) is 14.7. The number of rotatable bonds is 3. The van der Waals surface area contributed by atoms with Gasteiger partial charge in [0.05, 0.1) is 5.52 Å². The van der Waals surface area contributed by atoms with E-state index in [2.05, 4.69) is 15.2 Å². The number of nitrogens with zero attached hydrogens (tertiary/aromatic N) is 4. The van der Waals surface area contributed by atoms with Crippen LogP contribution in [0.5, 0.6) is 0 Å². The first-order valence-corrected chi connectivity index (χ1v) is 8.74. The predicted octanol–water partition coefficient (Wildman–Crippen LogP) is 1.57. The Balaban J connectivity index is 1.51. The Labute approximate surface area is 153 Å². The van der Waals surface area contributed by atoms with Crippen molar-refractivity contribution in [2.45, 2.75) is 13.3 Å². The standard InChI is InChI=1S/C18H18FN5O3/c1-2-15-21-22-18(27-15)24-7-5-23(6-8-24)17(26)13-9-11-3-4-12(19)10-14(11)20-16(13)25/h3-4,9-10H,2,5-8H2,1H3,(H,20,25). The highest BCUT2D eigenvalue weighted by molar-refractivity contribution is 5.97. The van der Waals surface area contributed by atoms with E-state index in [1.165, 1.54) is 24.3 Å². The van der Waals surface area contributed by atoms with E-state index < -0.39 is 11.4 Å². The van der Waals surface area contributed by atoms with Gasteiger partial charge in [-0.05, 0) is 29.7 Å². The second-order valence-electron chi connectivity index (χ2n) is 6.35. The minimum Gasteiger partial charge on any atom is -0.408 e. The lowest BCUT2D eigenvalue weighted by molar-refractivity contribution is 0.0743. The molecule has 4 rings (SSSR count). The second kappa shape index (κ2) is 6.82. The molecule has 0 bridgehead atoms. The number of benzene rings is 1. The van der Waals surface area contributed by atoms with Crippen molar-refractivity contribution in [2.24, 2.45) is 0 Å². The van der Waals surface area contributed by atoms with Crippen molar-refractivity contribution in [3.8, 4) is 0 Å². The molecule has 1 N–H and O–H groups in total. The molecule has 9 heteroatoms. The van der Waals surface area contributed by atoms with Gasteiger partial charge in [0.1, 0.15) is 11.4 Å². The molecule has 1 aliphatic rings. The molecule has 0 saturated carbocycles. The van der Waals surface area contributed by atoms with Crippen LogP contribution in [0, 0.1) is 5.82 Å². The average Bonchev–Trinajstić information content (AvgIpc) is 3.16. The number of anilines is 1. The highest BCUT2D eigenvalue weighted by Crippen LogP contribution is 2.17. The van der Waals surface area contributed by atoms with Gasteiger partial charge in [-0.2, -0.15) is 0 Å². The minimum atomic E-state index is -0.523. The highest BCUT2D eigenvalue weighted by atomic mass is 19.1. The van der Waals surface area contributed by atoms with E-state index in [1.54, 1.807) is 4.90 Å². The zero-order valence-corrected chi connectivity index (χ0v) is 14.7. The number of amides is 1. The fourth-order valence-corrected chi connectivity index (χ4v) is 3.12. The van der Waals surface area contributed by atoms with Crippen LogP contribution >= 0.6 is 0 Å². The van der Waals surface area contributed by atoms with Gasteiger partial charge in [0.2, 0.25) is 5.89 Å². The molecule has 0 radical (unpaired) electrons. The summed E-state index contributed by atoms with van der Waals surface area (Å²) < 4.78 is 18.8. The highest BCUT2D eigenvalue weighted by Gasteiger charge is 2.26. The number of carbonyl (C=O) groups is 1. The number of hydrogen-bond acceptors (Lipinski definition) is 6. The number of fused-ring (bicyclic) bond motifs is 1. The third kappa shape index (κ3) is 3.27. The van der Waals surface area contributed by atoms with Crippen LogP contribution in [0.2, 0.25) is 0 Å². The summed E-state index contributed by atoms with van der Waals surface area (Å²) in [6.45, 7) is 3.87. The van der Waals surface area contributed by atoms with Crippen molar-refractivity contribution in [3.05, 3.63) is 51.9 Å². The van der Waals surface area contributed by atoms with E-state index in [4.69, 9.17) is 4.42 Å². The Kier molecular flexibility index (Phi) is 4.35. The van der Waals surface area contributed by atoms with E-state index in [1.807, 2.05) is 11.8 Å². The number of nitrogens with one attached hydrogen (secondary N) is 1. The van der Waals surface area contributed by atoms with Crippen molar-refractivity contribution >= 4 is 22.8 Å². The molecule has 27 heavy (non-hydrogen) atoms. The minimum absolute atomic E-state index is 0.0496. The molecule has 3 heterocycles. The first kappa shape index (κ1) is 17.2. The maximum Gasteiger partial charge on any atom is 0.318 e. The number of aryl methyl sites for hydroxylation is 1. The summed E-state index contributed by atoms with van der Waals surface area (Å²) in [7, 11) is 0. The van der Waals surface area contributed by atoms with E-state index >= 15 is 0 Å². The van der Waals surface area contributed by atoms with Crippen LogP contribution < -0.4 is 10.5 Å². The number of pyridine rings is 1. The summed E-state index contributed by atoms with van der Waals surface area (Å²) in [4.78, 5) is 31.2. The molecule has 1 amide bonds. The topological polar surface area (TPSA) is 95.3 Å². The largest absolute Gasteiger partial charge is 0.408 e. The number of hydrogen-bond donors (Lipinski definition) is 1. The Morgan fingerprint density at radius 3 is 2.70 bits per heavy atom. The van der Waals surface area contributed by atoms with Crippen LogP contribution in [0.15, 0.2) is 33.5 Å². The van der Waals surface area contributed by atoms with E-state index in [0.29, 0.717) is 55.4 Å². The van der Waals surface area contributed by atoms with Gasteiger partial charge < -0.3 is 19.2 Å². The third-order valence-electron chi connectivity index (χ3n) is 4.63. The molecule has 0 aliphatic carbocycles. The molecule has 3 aromatic rings. The maximum atomic E-state index is 13.3. The van der Waals surface area contributed by atoms with Crippen LogP contribution in [0.3, 0.4) is 0 Å². The van der Waals surface area contributed by atoms with E-state index in [9.17, 15) is 14.0 Å². The van der Waals surface area contributed by atoms with Crippen molar-refractivity contribution in [1.29, 1.82) is 0 Å². The SMILES string of the molecule is CCc1nnc(N2CCN(C(=O)c3cc4ccc(F)cc4[nH]c3=O)CC2)o1.